The zero-order chi connectivity index (χ0) is 4.69. The molecule has 2 aliphatic rings. The van der Waals surface area contributed by atoms with E-state index in [-0.39, 0.29) is 0 Å². The first kappa shape index (κ1) is 3.90. The normalized spacial score (nSPS) is 40.3. The highest BCUT2D eigenvalue weighted by Gasteiger charge is 2.36. The molecule has 0 aromatic carbocycles. The van der Waals surface area contributed by atoms with Crippen molar-refractivity contribution in [2.75, 3.05) is 6.61 Å². The molecule has 0 amide bonds. The standard InChI is InChI=1S/C6H9O/c1-2-5(3-1)6-4-7-6/h1,5-6H,2-4H2. The molecule has 1 unspecified atom stereocenters. The minimum atomic E-state index is 0.671. The van der Waals surface area contributed by atoms with Gasteiger partial charge in [0.15, 0.2) is 0 Å². The highest BCUT2D eigenvalue weighted by atomic mass is 16.6. The summed E-state index contributed by atoms with van der Waals surface area (Å²) >= 11 is 0. The van der Waals surface area contributed by atoms with Gasteiger partial charge in [0.05, 0.1) is 12.7 Å². The van der Waals surface area contributed by atoms with E-state index in [9.17, 15) is 0 Å². The monoisotopic (exact) mass is 97.1 g/mol. The Kier molecular flexibility index (Phi) is 0.680. The molecular weight excluding hydrogens is 88.1 g/mol. The van der Waals surface area contributed by atoms with E-state index >= 15 is 0 Å². The van der Waals surface area contributed by atoms with Crippen molar-refractivity contribution >= 4 is 0 Å². The lowest BCUT2D eigenvalue weighted by Gasteiger charge is -2.22. The summed E-state index contributed by atoms with van der Waals surface area (Å²) in [6, 6.07) is 0. The third-order valence-electron chi connectivity index (χ3n) is 1.82. The van der Waals surface area contributed by atoms with Gasteiger partial charge in [-0.05, 0) is 25.2 Å². The van der Waals surface area contributed by atoms with E-state index in [4.69, 9.17) is 4.74 Å². The van der Waals surface area contributed by atoms with Crippen LogP contribution in [0.15, 0.2) is 0 Å². The Labute approximate surface area is 43.7 Å². The fraction of sp³-hybridized carbons (Fsp3) is 0.833. The van der Waals surface area contributed by atoms with Crippen molar-refractivity contribution in [3.63, 3.8) is 0 Å². The molecule has 1 aliphatic heterocycles. The van der Waals surface area contributed by atoms with E-state index < -0.39 is 0 Å². The topological polar surface area (TPSA) is 12.5 Å². The maximum Gasteiger partial charge on any atom is 0.0838 e. The number of epoxide rings is 1. The summed E-state index contributed by atoms with van der Waals surface area (Å²) < 4.78 is 5.09. The molecule has 7 heavy (non-hydrogen) atoms. The first-order valence-electron chi connectivity index (χ1n) is 2.90. The van der Waals surface area contributed by atoms with Crippen molar-refractivity contribution in [2.45, 2.75) is 18.9 Å². The molecule has 1 aliphatic carbocycles. The van der Waals surface area contributed by atoms with Gasteiger partial charge in [-0.15, -0.1) is 0 Å². The molecule has 39 valence electrons. The van der Waals surface area contributed by atoms with Crippen molar-refractivity contribution in [2.24, 2.45) is 5.92 Å². The summed E-state index contributed by atoms with van der Waals surface area (Å²) in [4.78, 5) is 0. The molecule has 1 nitrogen and oxygen atoms in total. The molecule has 0 aromatic heterocycles. The molecule has 0 N–H and O–H groups in total. The number of hydrogen-bond donors (Lipinski definition) is 0. The Hall–Kier alpha value is -0.0400. The lowest BCUT2D eigenvalue weighted by molar-refractivity contribution is 0.281. The molecule has 1 radical (unpaired) electrons. The van der Waals surface area contributed by atoms with Gasteiger partial charge in [0, 0.05) is 0 Å². The van der Waals surface area contributed by atoms with Crippen LogP contribution in [0, 0.1) is 12.3 Å². The van der Waals surface area contributed by atoms with Gasteiger partial charge in [-0.25, -0.2) is 0 Å². The fourth-order valence-corrected chi connectivity index (χ4v) is 0.990. The van der Waals surface area contributed by atoms with E-state index in [2.05, 4.69) is 6.42 Å². The van der Waals surface area contributed by atoms with Crippen LogP contribution in [0.2, 0.25) is 0 Å². The Morgan fingerprint density at radius 3 is 2.29 bits per heavy atom. The van der Waals surface area contributed by atoms with Crippen LogP contribution in [0.4, 0.5) is 0 Å². The van der Waals surface area contributed by atoms with E-state index in [0.29, 0.717) is 6.10 Å². The SMILES string of the molecule is [CH]1CC(C2CO2)C1. The van der Waals surface area contributed by atoms with Gasteiger partial charge in [0.1, 0.15) is 0 Å². The van der Waals surface area contributed by atoms with Crippen molar-refractivity contribution in [3.05, 3.63) is 6.42 Å². The van der Waals surface area contributed by atoms with Gasteiger partial charge in [-0.2, -0.15) is 0 Å². The fourth-order valence-electron chi connectivity index (χ4n) is 0.990. The third kappa shape index (κ3) is 0.556. The van der Waals surface area contributed by atoms with E-state index in [0.717, 1.165) is 12.5 Å². The number of rotatable bonds is 1. The second-order valence-corrected chi connectivity index (χ2v) is 2.39. The van der Waals surface area contributed by atoms with Crippen LogP contribution < -0.4 is 0 Å². The summed E-state index contributed by atoms with van der Waals surface area (Å²) in [7, 11) is 0. The molecule has 2 fully saturated rings. The molecule has 1 heterocycles. The zero-order valence-corrected chi connectivity index (χ0v) is 4.26. The van der Waals surface area contributed by atoms with Crippen molar-refractivity contribution in [3.8, 4) is 0 Å². The molecule has 1 saturated carbocycles. The predicted molar refractivity (Wildman–Crippen MR) is 26.8 cm³/mol. The number of ether oxygens (including phenoxy) is 1. The molecule has 0 aromatic rings. The van der Waals surface area contributed by atoms with Gasteiger partial charge in [0.2, 0.25) is 0 Å². The van der Waals surface area contributed by atoms with E-state index in [1.807, 2.05) is 0 Å². The molecule has 2 rings (SSSR count). The van der Waals surface area contributed by atoms with Gasteiger partial charge < -0.3 is 4.74 Å². The van der Waals surface area contributed by atoms with Crippen LogP contribution in [-0.4, -0.2) is 12.7 Å². The van der Waals surface area contributed by atoms with Crippen molar-refractivity contribution in [1.29, 1.82) is 0 Å². The van der Waals surface area contributed by atoms with Crippen molar-refractivity contribution in [1.82, 2.24) is 0 Å². The predicted octanol–water partition coefficient (Wildman–Crippen LogP) is 0.999. The summed E-state index contributed by atoms with van der Waals surface area (Å²) in [5.74, 6) is 0.917. The Bertz CT molecular complexity index is 72.2. The lowest BCUT2D eigenvalue weighted by Crippen LogP contribution is -2.17. The van der Waals surface area contributed by atoms with Crippen LogP contribution in [-0.2, 0) is 4.74 Å². The van der Waals surface area contributed by atoms with Crippen LogP contribution in [0.3, 0.4) is 0 Å². The van der Waals surface area contributed by atoms with E-state index in [1.165, 1.54) is 12.8 Å². The maximum absolute atomic E-state index is 5.09. The highest BCUT2D eigenvalue weighted by Crippen LogP contribution is 2.35. The summed E-state index contributed by atoms with van der Waals surface area (Å²) in [5.41, 5.74) is 0. The van der Waals surface area contributed by atoms with E-state index in [1.54, 1.807) is 0 Å². The largest absolute Gasteiger partial charge is 0.373 e. The van der Waals surface area contributed by atoms with Gasteiger partial charge in [0.25, 0.3) is 0 Å². The van der Waals surface area contributed by atoms with Crippen LogP contribution in [0.25, 0.3) is 0 Å². The summed E-state index contributed by atoms with van der Waals surface area (Å²) in [5, 5.41) is 0. The van der Waals surface area contributed by atoms with Crippen LogP contribution in [0.1, 0.15) is 12.8 Å². The minimum Gasteiger partial charge on any atom is -0.373 e. The van der Waals surface area contributed by atoms with Gasteiger partial charge >= 0.3 is 0 Å². The average Bonchev–Trinajstić information content (AvgIpc) is 2.10. The van der Waals surface area contributed by atoms with Crippen molar-refractivity contribution < 1.29 is 4.74 Å². The average molecular weight is 97.1 g/mol. The number of hydrogen-bond acceptors (Lipinski definition) is 1. The minimum absolute atomic E-state index is 0.671. The summed E-state index contributed by atoms with van der Waals surface area (Å²) in [6.45, 7) is 1.04. The first-order valence-corrected chi connectivity index (χ1v) is 2.90. The lowest BCUT2D eigenvalue weighted by atomic mass is 9.83. The molecule has 1 atom stereocenters. The Morgan fingerprint density at radius 2 is 2.14 bits per heavy atom. The molecule has 1 saturated heterocycles. The Morgan fingerprint density at radius 1 is 1.43 bits per heavy atom. The quantitative estimate of drug-likeness (QED) is 0.445. The smallest absolute Gasteiger partial charge is 0.0838 e. The highest BCUT2D eigenvalue weighted by molar-refractivity contribution is 4.94. The van der Waals surface area contributed by atoms with Gasteiger partial charge in [-0.3, -0.25) is 0 Å². The second-order valence-electron chi connectivity index (χ2n) is 2.39. The maximum atomic E-state index is 5.09. The van der Waals surface area contributed by atoms with Crippen LogP contribution >= 0.6 is 0 Å². The summed E-state index contributed by atoms with van der Waals surface area (Å²) in [6.07, 6.45) is 5.62. The Balaban J connectivity index is 1.83. The first-order chi connectivity index (χ1) is 3.47. The van der Waals surface area contributed by atoms with Gasteiger partial charge in [-0.1, -0.05) is 0 Å². The molecular formula is C6H9O. The molecule has 1 heteroatoms. The molecule has 0 bridgehead atoms. The van der Waals surface area contributed by atoms with Crippen LogP contribution in [0.5, 0.6) is 0 Å². The zero-order valence-electron chi connectivity index (χ0n) is 4.26. The second kappa shape index (κ2) is 1.22. The third-order valence-corrected chi connectivity index (χ3v) is 1.82. The molecule has 0 spiro atoms.